The van der Waals surface area contributed by atoms with Crippen LogP contribution in [0, 0.1) is 0 Å². The van der Waals surface area contributed by atoms with Gasteiger partial charge in [-0.25, -0.2) is 4.98 Å². The van der Waals surface area contributed by atoms with Crippen LogP contribution in [0.1, 0.15) is 51.0 Å². The van der Waals surface area contributed by atoms with Crippen molar-refractivity contribution in [3.8, 4) is 0 Å². The van der Waals surface area contributed by atoms with Crippen molar-refractivity contribution in [3.63, 3.8) is 0 Å². The third-order valence-electron chi connectivity index (χ3n) is 4.90. The zero-order chi connectivity index (χ0) is 19.6. The van der Waals surface area contributed by atoms with Gasteiger partial charge in [-0.1, -0.05) is 56.0 Å². The molecule has 1 aromatic heterocycles. The monoisotopic (exact) mass is 467 g/mol. The largest absolute Gasteiger partial charge is 0.325 e. The molecule has 3 rings (SSSR count). The van der Waals surface area contributed by atoms with E-state index in [1.54, 1.807) is 0 Å². The topological polar surface area (TPSA) is 29.9 Å². The lowest BCUT2D eigenvalue weighted by Crippen LogP contribution is -2.04. The van der Waals surface area contributed by atoms with Crippen LogP contribution in [0.5, 0.6) is 0 Å². The molecular formula is C21H24BrCl2N3. The Bertz CT molecular complexity index is 946. The molecule has 0 spiro atoms. The average Bonchev–Trinajstić information content (AvgIpc) is 2.96. The molecule has 0 bridgehead atoms. The van der Waals surface area contributed by atoms with Crippen LogP contribution in [0.25, 0.3) is 11.0 Å². The number of halogens is 3. The highest BCUT2D eigenvalue weighted by Gasteiger charge is 2.20. The molecule has 144 valence electrons. The minimum atomic E-state index is 0.519. The molecule has 27 heavy (non-hydrogen) atoms. The van der Waals surface area contributed by atoms with Gasteiger partial charge in [-0.15, -0.1) is 0 Å². The van der Waals surface area contributed by atoms with Gasteiger partial charge in [0, 0.05) is 16.5 Å². The van der Waals surface area contributed by atoms with Crippen LogP contribution in [0.4, 0.5) is 11.6 Å². The van der Waals surface area contributed by atoms with Crippen LogP contribution in [-0.4, -0.2) is 9.55 Å². The van der Waals surface area contributed by atoms with Gasteiger partial charge < -0.3 is 9.88 Å². The van der Waals surface area contributed by atoms with Gasteiger partial charge in [0.1, 0.15) is 5.52 Å². The number of nitrogens with one attached hydrogen (secondary N) is 1. The van der Waals surface area contributed by atoms with Crippen LogP contribution < -0.4 is 5.32 Å². The van der Waals surface area contributed by atoms with Gasteiger partial charge in [0.05, 0.1) is 16.2 Å². The minimum absolute atomic E-state index is 0.519. The number of imidazole rings is 1. The molecule has 0 amide bonds. The molecule has 0 aliphatic heterocycles. The molecule has 6 heteroatoms. The van der Waals surface area contributed by atoms with E-state index in [0.29, 0.717) is 16.0 Å². The van der Waals surface area contributed by atoms with Gasteiger partial charge in [0.2, 0.25) is 5.95 Å². The standard InChI is InChI=1S/C21H24BrCl2N3/c1-4-6-13(7-5-2)15-9-10-17(24)19-20(15)27(3)21(26-19)25-18-11-8-14(23)12-16(18)22/h8-13H,4-7H2,1-3H3,(H,25,26). The molecule has 1 N–H and O–H groups in total. The Balaban J connectivity index is 2.10. The number of hydrogen-bond acceptors (Lipinski definition) is 2. The maximum absolute atomic E-state index is 6.50. The molecular weight excluding hydrogens is 445 g/mol. The Morgan fingerprint density at radius 1 is 1.11 bits per heavy atom. The van der Waals surface area contributed by atoms with Crippen LogP contribution in [-0.2, 0) is 7.05 Å². The SMILES string of the molecule is CCCC(CCC)c1ccc(Cl)c2nc(Nc3ccc(Cl)cc3Br)n(C)c12. The fourth-order valence-corrected chi connectivity index (χ4v) is 4.60. The summed E-state index contributed by atoms with van der Waals surface area (Å²) in [5, 5.41) is 4.77. The number of anilines is 2. The Hall–Kier alpha value is -1.23. The number of benzene rings is 2. The van der Waals surface area contributed by atoms with Crippen molar-refractivity contribution in [3.05, 3.63) is 50.4 Å². The first-order chi connectivity index (χ1) is 13.0. The van der Waals surface area contributed by atoms with Crippen LogP contribution in [0.15, 0.2) is 34.8 Å². The van der Waals surface area contributed by atoms with Gasteiger partial charge in [-0.3, -0.25) is 0 Å². The van der Waals surface area contributed by atoms with Crippen molar-refractivity contribution in [1.82, 2.24) is 9.55 Å². The van der Waals surface area contributed by atoms with Gasteiger partial charge in [0.15, 0.2) is 0 Å². The maximum Gasteiger partial charge on any atom is 0.208 e. The lowest BCUT2D eigenvalue weighted by atomic mass is 9.89. The van der Waals surface area contributed by atoms with Gasteiger partial charge in [0.25, 0.3) is 0 Å². The predicted molar refractivity (Wildman–Crippen MR) is 121 cm³/mol. The van der Waals surface area contributed by atoms with E-state index < -0.39 is 0 Å². The molecule has 0 aliphatic carbocycles. The van der Waals surface area contributed by atoms with Crippen molar-refractivity contribution in [1.29, 1.82) is 0 Å². The van der Waals surface area contributed by atoms with Gasteiger partial charge in [-0.2, -0.15) is 0 Å². The Labute approximate surface area is 179 Å². The molecule has 0 radical (unpaired) electrons. The summed E-state index contributed by atoms with van der Waals surface area (Å²) >= 11 is 16.1. The van der Waals surface area contributed by atoms with E-state index >= 15 is 0 Å². The smallest absolute Gasteiger partial charge is 0.208 e. The lowest BCUT2D eigenvalue weighted by Gasteiger charge is -2.18. The third kappa shape index (κ3) is 4.28. The first-order valence-electron chi connectivity index (χ1n) is 9.33. The molecule has 1 heterocycles. The first kappa shape index (κ1) is 20.5. The zero-order valence-corrected chi connectivity index (χ0v) is 18.9. The summed E-state index contributed by atoms with van der Waals surface area (Å²) in [6.07, 6.45) is 4.66. The highest BCUT2D eigenvalue weighted by molar-refractivity contribution is 9.10. The molecule has 0 saturated carbocycles. The number of aryl methyl sites for hydroxylation is 1. The van der Waals surface area contributed by atoms with Crippen molar-refractivity contribution in [2.75, 3.05) is 5.32 Å². The average molecular weight is 469 g/mol. The summed E-state index contributed by atoms with van der Waals surface area (Å²) in [5.41, 5.74) is 4.20. The van der Waals surface area contributed by atoms with Crippen LogP contribution >= 0.6 is 39.1 Å². The molecule has 0 atom stereocenters. The summed E-state index contributed by atoms with van der Waals surface area (Å²) < 4.78 is 3.00. The fourth-order valence-electron chi connectivity index (χ4n) is 3.62. The second-order valence-electron chi connectivity index (χ2n) is 6.85. The molecule has 0 fully saturated rings. The van der Waals surface area contributed by atoms with E-state index in [-0.39, 0.29) is 0 Å². The normalized spacial score (nSPS) is 11.5. The van der Waals surface area contributed by atoms with Crippen molar-refractivity contribution >= 4 is 61.8 Å². The summed E-state index contributed by atoms with van der Waals surface area (Å²) in [5.74, 6) is 1.28. The maximum atomic E-state index is 6.50. The Morgan fingerprint density at radius 3 is 2.44 bits per heavy atom. The molecule has 0 saturated heterocycles. The van der Waals surface area contributed by atoms with E-state index in [4.69, 9.17) is 28.2 Å². The summed E-state index contributed by atoms with van der Waals surface area (Å²) in [7, 11) is 2.04. The molecule has 0 unspecified atom stereocenters. The van der Waals surface area contributed by atoms with Gasteiger partial charge in [-0.05, 0) is 64.5 Å². The van der Waals surface area contributed by atoms with E-state index in [9.17, 15) is 0 Å². The molecule has 2 aromatic carbocycles. The predicted octanol–water partition coefficient (Wildman–Crippen LogP) is 8.07. The van der Waals surface area contributed by atoms with Crippen molar-refractivity contribution in [2.24, 2.45) is 7.05 Å². The lowest BCUT2D eigenvalue weighted by molar-refractivity contribution is 0.562. The quantitative estimate of drug-likeness (QED) is 0.379. The van der Waals surface area contributed by atoms with Crippen LogP contribution in [0.3, 0.4) is 0 Å². The summed E-state index contributed by atoms with van der Waals surface area (Å²) in [6, 6.07) is 9.81. The Morgan fingerprint density at radius 2 is 1.81 bits per heavy atom. The van der Waals surface area contributed by atoms with E-state index in [0.717, 1.165) is 40.0 Å². The number of nitrogens with zero attached hydrogens (tertiary/aromatic N) is 2. The summed E-state index contributed by atoms with van der Waals surface area (Å²) in [6.45, 7) is 4.48. The zero-order valence-electron chi connectivity index (χ0n) is 15.8. The fraction of sp³-hybridized carbons (Fsp3) is 0.381. The number of rotatable bonds is 7. The van der Waals surface area contributed by atoms with E-state index in [1.807, 2.05) is 31.3 Å². The molecule has 0 aliphatic rings. The Kier molecular flexibility index (Phi) is 6.72. The molecule has 3 nitrogen and oxygen atoms in total. The number of aromatic nitrogens is 2. The van der Waals surface area contributed by atoms with Crippen LogP contribution in [0.2, 0.25) is 10.0 Å². The first-order valence-corrected chi connectivity index (χ1v) is 10.9. The van der Waals surface area contributed by atoms with Crippen molar-refractivity contribution in [2.45, 2.75) is 45.4 Å². The number of hydrogen-bond donors (Lipinski definition) is 1. The second-order valence-corrected chi connectivity index (χ2v) is 8.55. The second kappa shape index (κ2) is 8.85. The summed E-state index contributed by atoms with van der Waals surface area (Å²) in [4.78, 5) is 4.80. The number of fused-ring (bicyclic) bond motifs is 1. The van der Waals surface area contributed by atoms with Crippen molar-refractivity contribution < 1.29 is 0 Å². The highest BCUT2D eigenvalue weighted by Crippen LogP contribution is 2.37. The minimum Gasteiger partial charge on any atom is -0.325 e. The van der Waals surface area contributed by atoms with Gasteiger partial charge >= 0.3 is 0 Å². The highest BCUT2D eigenvalue weighted by atomic mass is 79.9. The molecule has 3 aromatic rings. The van der Waals surface area contributed by atoms with E-state index in [1.165, 1.54) is 18.4 Å². The third-order valence-corrected chi connectivity index (χ3v) is 6.09. The van der Waals surface area contributed by atoms with E-state index in [2.05, 4.69) is 45.7 Å².